The largest absolute Gasteiger partial charge is 0.494 e. The lowest BCUT2D eigenvalue weighted by molar-refractivity contribution is -0.141. The maximum absolute atomic E-state index is 12.4. The molecule has 2 N–H and O–H groups in total. The minimum Gasteiger partial charge on any atom is -0.480 e. The second kappa shape index (κ2) is 9.38. The number of carboxylic acid groups (broad SMARTS) is 1. The van der Waals surface area contributed by atoms with Gasteiger partial charge in [0.2, 0.25) is 0 Å². The summed E-state index contributed by atoms with van der Waals surface area (Å²) in [5, 5.41) is 12.6. The molecule has 1 aliphatic rings. The summed E-state index contributed by atoms with van der Waals surface area (Å²) in [6, 6.07) is 4.61. The summed E-state index contributed by atoms with van der Waals surface area (Å²) in [6.45, 7) is 19.1. The van der Waals surface area contributed by atoms with Crippen LogP contribution in [0.3, 0.4) is 0 Å². The van der Waals surface area contributed by atoms with Crippen LogP contribution >= 0.6 is 22.6 Å². The number of hydrogen-bond acceptors (Lipinski definition) is 5. The lowest BCUT2D eigenvalue weighted by atomic mass is 9.71. The molecule has 184 valence electrons. The first kappa shape index (κ1) is 27.9. The third-order valence-electron chi connectivity index (χ3n) is 6.09. The second-order valence-electron chi connectivity index (χ2n) is 11.7. The van der Waals surface area contributed by atoms with E-state index in [9.17, 15) is 14.7 Å². The molecule has 1 aromatic carbocycles. The zero-order valence-electron chi connectivity index (χ0n) is 21.3. The molecule has 1 heterocycles. The van der Waals surface area contributed by atoms with Gasteiger partial charge in [0.1, 0.15) is 11.6 Å². The molecule has 1 aliphatic heterocycles. The molecule has 9 heteroatoms. The first-order valence-corrected chi connectivity index (χ1v) is 12.2. The van der Waals surface area contributed by atoms with E-state index in [1.165, 1.54) is 0 Å². The summed E-state index contributed by atoms with van der Waals surface area (Å²) in [4.78, 5) is 24.7. The van der Waals surface area contributed by atoms with Crippen molar-refractivity contribution in [2.24, 2.45) is 5.41 Å². The number of halogens is 1. The molecule has 2 rings (SSSR count). The number of carboxylic acids is 1. The monoisotopic (exact) mass is 573 g/mol. The van der Waals surface area contributed by atoms with Crippen LogP contribution in [0.1, 0.15) is 80.7 Å². The molecule has 1 amide bonds. The number of alkyl carbamates (subject to hydrolysis) is 1. The Bertz CT molecular complexity index is 887. The summed E-state index contributed by atoms with van der Waals surface area (Å²) in [5.41, 5.74) is -0.427. The van der Waals surface area contributed by atoms with E-state index in [-0.39, 0.29) is 0 Å². The maximum atomic E-state index is 12.4. The predicted molar refractivity (Wildman–Crippen MR) is 138 cm³/mol. The van der Waals surface area contributed by atoms with Crippen molar-refractivity contribution in [2.45, 2.75) is 98.0 Å². The zero-order chi connectivity index (χ0) is 25.6. The molecule has 2 unspecified atom stereocenters. The number of amides is 1. The van der Waals surface area contributed by atoms with Crippen LogP contribution in [0.4, 0.5) is 4.79 Å². The molecule has 1 aromatic rings. The molecular formula is C24H37BINO6. The van der Waals surface area contributed by atoms with E-state index in [1.807, 2.05) is 66.7 Å². The molecule has 0 radical (unpaired) electrons. The van der Waals surface area contributed by atoms with E-state index >= 15 is 0 Å². The topological polar surface area (TPSA) is 94.1 Å². The van der Waals surface area contributed by atoms with Gasteiger partial charge in [-0.15, -0.1) is 0 Å². The van der Waals surface area contributed by atoms with Gasteiger partial charge in [0, 0.05) is 9.49 Å². The number of aliphatic carboxylic acids is 1. The number of hydrogen-bond donors (Lipinski definition) is 2. The Hall–Kier alpha value is -1.33. The van der Waals surface area contributed by atoms with Gasteiger partial charge in [-0.1, -0.05) is 32.9 Å². The van der Waals surface area contributed by atoms with Crippen LogP contribution in [-0.4, -0.2) is 47.1 Å². The Labute approximate surface area is 211 Å². The van der Waals surface area contributed by atoms with E-state index in [2.05, 4.69) is 27.9 Å². The lowest BCUT2D eigenvalue weighted by Crippen LogP contribution is -2.50. The zero-order valence-corrected chi connectivity index (χ0v) is 23.5. The van der Waals surface area contributed by atoms with Gasteiger partial charge in [0.05, 0.1) is 11.2 Å². The minimum absolute atomic E-state index is 0.457. The Morgan fingerprint density at radius 2 is 1.58 bits per heavy atom. The first-order chi connectivity index (χ1) is 14.7. The molecule has 2 atom stereocenters. The molecule has 0 saturated carbocycles. The number of benzene rings is 1. The third kappa shape index (κ3) is 6.63. The highest BCUT2D eigenvalue weighted by molar-refractivity contribution is 14.1. The second-order valence-corrected chi connectivity index (χ2v) is 12.8. The molecule has 7 nitrogen and oxygen atoms in total. The fourth-order valence-corrected chi connectivity index (χ4v) is 4.66. The van der Waals surface area contributed by atoms with Crippen LogP contribution < -0.4 is 10.8 Å². The minimum atomic E-state index is -1.17. The Morgan fingerprint density at radius 1 is 1.06 bits per heavy atom. The quantitative estimate of drug-likeness (QED) is 0.392. The van der Waals surface area contributed by atoms with Gasteiger partial charge in [-0.3, -0.25) is 0 Å². The molecule has 1 saturated heterocycles. The van der Waals surface area contributed by atoms with Crippen LogP contribution in [-0.2, 0) is 18.8 Å². The number of carbonyl (C=O) groups excluding carboxylic acids is 1. The molecule has 0 aromatic heterocycles. The van der Waals surface area contributed by atoms with Gasteiger partial charge < -0.3 is 24.5 Å². The molecular weight excluding hydrogens is 536 g/mol. The lowest BCUT2D eigenvalue weighted by Gasteiger charge is -2.36. The van der Waals surface area contributed by atoms with Crippen LogP contribution in [0.2, 0.25) is 0 Å². The van der Waals surface area contributed by atoms with E-state index in [0.717, 1.165) is 14.6 Å². The molecule has 0 aliphatic carbocycles. The van der Waals surface area contributed by atoms with Crippen molar-refractivity contribution in [3.05, 3.63) is 27.3 Å². The van der Waals surface area contributed by atoms with Gasteiger partial charge in [0.25, 0.3) is 0 Å². The highest BCUT2D eigenvalue weighted by atomic mass is 127. The summed E-state index contributed by atoms with van der Waals surface area (Å²) in [6.07, 6.45) is -0.756. The van der Waals surface area contributed by atoms with Gasteiger partial charge in [-0.2, -0.15) is 0 Å². The molecule has 33 heavy (non-hydrogen) atoms. The van der Waals surface area contributed by atoms with Crippen LogP contribution in [0, 0.1) is 8.99 Å². The van der Waals surface area contributed by atoms with Gasteiger partial charge in [-0.25, -0.2) is 9.59 Å². The van der Waals surface area contributed by atoms with E-state index in [4.69, 9.17) is 14.0 Å². The number of ether oxygens (including phenoxy) is 1. The van der Waals surface area contributed by atoms with Crippen LogP contribution in [0.15, 0.2) is 18.2 Å². The van der Waals surface area contributed by atoms with Crippen LogP contribution in [0.5, 0.6) is 0 Å². The summed E-state index contributed by atoms with van der Waals surface area (Å²) in [5.74, 6) is -1.63. The number of nitrogens with one attached hydrogen (secondary N) is 1. The van der Waals surface area contributed by atoms with Crippen molar-refractivity contribution in [2.75, 3.05) is 0 Å². The number of carbonyl (C=O) groups is 2. The average Bonchev–Trinajstić information content (AvgIpc) is 2.80. The van der Waals surface area contributed by atoms with Gasteiger partial charge >= 0.3 is 19.2 Å². The summed E-state index contributed by atoms with van der Waals surface area (Å²) < 4.78 is 18.5. The number of rotatable bonds is 5. The van der Waals surface area contributed by atoms with Crippen molar-refractivity contribution in [1.82, 2.24) is 5.32 Å². The standard InChI is InChI=1S/C24H37BINO6/c1-21(2,3)17(18(19(28)29)27-20(30)31-22(4,5)6)15-12-11-14(13-16(15)26)25-32-23(7,8)24(9,10)33-25/h11-13,17-18H,1-10H3,(H,27,30)(H,28,29). The highest BCUT2D eigenvalue weighted by Crippen LogP contribution is 2.41. The summed E-state index contributed by atoms with van der Waals surface area (Å²) in [7, 11) is -0.513. The SMILES string of the molecule is CC(C)(C)OC(=O)NC(C(=O)O)C(c1ccc(B2OC(C)(C)C(C)(C)O2)cc1I)C(C)(C)C. The average molecular weight is 573 g/mol. The summed E-state index contributed by atoms with van der Waals surface area (Å²) >= 11 is 2.21. The van der Waals surface area contributed by atoms with Crippen molar-refractivity contribution in [1.29, 1.82) is 0 Å². The van der Waals surface area contributed by atoms with Gasteiger partial charge in [0.15, 0.2) is 0 Å². The third-order valence-corrected chi connectivity index (χ3v) is 7.02. The Kier molecular flexibility index (Phi) is 7.93. The fourth-order valence-electron chi connectivity index (χ4n) is 3.79. The normalized spacial score (nSPS) is 19.7. The van der Waals surface area contributed by atoms with Crippen molar-refractivity contribution in [3.8, 4) is 0 Å². The predicted octanol–water partition coefficient (Wildman–Crippen LogP) is 4.70. The Balaban J connectivity index is 2.42. The van der Waals surface area contributed by atoms with E-state index in [1.54, 1.807) is 20.8 Å². The Morgan fingerprint density at radius 3 is 1.97 bits per heavy atom. The highest BCUT2D eigenvalue weighted by Gasteiger charge is 2.52. The van der Waals surface area contributed by atoms with Crippen molar-refractivity contribution >= 4 is 47.2 Å². The first-order valence-electron chi connectivity index (χ1n) is 11.1. The van der Waals surface area contributed by atoms with Crippen molar-refractivity contribution in [3.63, 3.8) is 0 Å². The van der Waals surface area contributed by atoms with Crippen LogP contribution in [0.25, 0.3) is 0 Å². The van der Waals surface area contributed by atoms with Gasteiger partial charge in [-0.05, 0) is 93.6 Å². The van der Waals surface area contributed by atoms with E-state index < -0.39 is 53.4 Å². The fraction of sp³-hybridized carbons (Fsp3) is 0.667. The molecule has 1 fully saturated rings. The smallest absolute Gasteiger partial charge is 0.480 e. The van der Waals surface area contributed by atoms with Crippen molar-refractivity contribution < 1.29 is 28.7 Å². The maximum Gasteiger partial charge on any atom is 0.494 e. The van der Waals surface area contributed by atoms with E-state index in [0.29, 0.717) is 0 Å². The molecule has 0 spiro atoms. The molecule has 0 bridgehead atoms.